The Morgan fingerprint density at radius 2 is 1.32 bits per heavy atom. The van der Waals surface area contributed by atoms with E-state index in [1.165, 1.54) is 18.4 Å². The van der Waals surface area contributed by atoms with Gasteiger partial charge in [0.15, 0.2) is 5.16 Å². The van der Waals surface area contributed by atoms with E-state index in [2.05, 4.69) is 102 Å². The fourth-order valence-corrected chi connectivity index (χ4v) is 4.38. The molecule has 28 heavy (non-hydrogen) atoms. The number of thioether (sulfide) groups is 1. The smallest absolute Gasteiger partial charge is 0.173 e. The van der Waals surface area contributed by atoms with Gasteiger partial charge in [0.25, 0.3) is 0 Å². The lowest BCUT2D eigenvalue weighted by Gasteiger charge is -2.13. The minimum atomic E-state index is 1.04. The van der Waals surface area contributed by atoms with E-state index in [1.807, 2.05) is 11.8 Å². The van der Waals surface area contributed by atoms with Crippen molar-refractivity contribution in [1.29, 1.82) is 0 Å². The van der Waals surface area contributed by atoms with Gasteiger partial charge in [0.1, 0.15) is 0 Å². The van der Waals surface area contributed by atoms with Gasteiger partial charge in [-0.05, 0) is 18.6 Å². The Kier molecular flexibility index (Phi) is 5.93. The fourth-order valence-electron chi connectivity index (χ4n) is 3.28. The largest absolute Gasteiger partial charge is 0.287 e. The van der Waals surface area contributed by atoms with E-state index in [0.29, 0.717) is 0 Å². The van der Waals surface area contributed by atoms with Gasteiger partial charge in [0, 0.05) is 22.6 Å². The van der Waals surface area contributed by atoms with Crippen molar-refractivity contribution in [3.05, 3.63) is 91.0 Å². The predicted molar refractivity (Wildman–Crippen MR) is 120 cm³/mol. The first-order valence-corrected chi connectivity index (χ1v) is 10.8. The van der Waals surface area contributed by atoms with Crippen LogP contribution in [0.5, 0.6) is 0 Å². The molecular weight excluding hydrogens is 360 g/mol. The van der Waals surface area contributed by atoms with Gasteiger partial charge in [-0.15, -0.1) is 0 Å². The summed E-state index contributed by atoms with van der Waals surface area (Å²) in [6.45, 7) is 2.23. The molecule has 3 aromatic carbocycles. The minimum absolute atomic E-state index is 1.04. The van der Waals surface area contributed by atoms with Gasteiger partial charge >= 0.3 is 0 Å². The zero-order valence-corrected chi connectivity index (χ0v) is 16.9. The molecule has 0 unspecified atom stereocenters. The molecule has 0 amide bonds. The molecule has 0 N–H and O–H groups in total. The Hall–Kier alpha value is -2.78. The molecular formula is C25H24N2S. The second-order valence-electron chi connectivity index (χ2n) is 6.70. The average molecular weight is 385 g/mol. The molecule has 0 bridgehead atoms. The molecule has 1 heterocycles. The van der Waals surface area contributed by atoms with Gasteiger partial charge in [0.05, 0.1) is 11.4 Å². The summed E-state index contributed by atoms with van der Waals surface area (Å²) in [5.74, 6) is 1.07. The molecule has 1 aromatic heterocycles. The van der Waals surface area contributed by atoms with E-state index in [-0.39, 0.29) is 0 Å². The number of benzene rings is 3. The van der Waals surface area contributed by atoms with E-state index in [9.17, 15) is 0 Å². The van der Waals surface area contributed by atoms with Crippen LogP contribution in [0.15, 0.2) is 96.2 Å². The summed E-state index contributed by atoms with van der Waals surface area (Å²) in [6, 6.07) is 31.6. The van der Waals surface area contributed by atoms with Crippen molar-refractivity contribution in [2.45, 2.75) is 24.9 Å². The first-order chi connectivity index (χ1) is 13.9. The van der Waals surface area contributed by atoms with Crippen LogP contribution in [-0.2, 0) is 0 Å². The maximum absolute atomic E-state index is 5.13. The minimum Gasteiger partial charge on any atom is -0.287 e. The molecule has 0 saturated heterocycles. The summed E-state index contributed by atoms with van der Waals surface area (Å²) in [6.07, 6.45) is 2.38. The monoisotopic (exact) mass is 384 g/mol. The summed E-state index contributed by atoms with van der Waals surface area (Å²) in [4.78, 5) is 5.13. The summed E-state index contributed by atoms with van der Waals surface area (Å²) >= 11 is 1.84. The van der Waals surface area contributed by atoms with Crippen molar-refractivity contribution in [3.63, 3.8) is 0 Å². The number of rotatable bonds is 7. The third-order valence-electron chi connectivity index (χ3n) is 4.68. The van der Waals surface area contributed by atoms with Crippen molar-refractivity contribution in [2.75, 3.05) is 5.75 Å². The van der Waals surface area contributed by atoms with Crippen molar-refractivity contribution in [2.24, 2.45) is 0 Å². The topological polar surface area (TPSA) is 17.8 Å². The van der Waals surface area contributed by atoms with Crippen LogP contribution < -0.4 is 0 Å². The Bertz CT molecular complexity index is 1010. The number of hydrogen-bond donors (Lipinski definition) is 0. The van der Waals surface area contributed by atoms with Gasteiger partial charge in [-0.3, -0.25) is 4.57 Å². The first kappa shape index (κ1) is 18.6. The van der Waals surface area contributed by atoms with Crippen LogP contribution in [0.2, 0.25) is 0 Å². The van der Waals surface area contributed by atoms with Crippen molar-refractivity contribution in [1.82, 2.24) is 9.55 Å². The molecule has 3 heteroatoms. The number of unbranched alkanes of at least 4 members (excludes halogenated alkanes) is 1. The van der Waals surface area contributed by atoms with E-state index in [1.54, 1.807) is 0 Å². The van der Waals surface area contributed by atoms with Crippen LogP contribution >= 0.6 is 11.8 Å². The zero-order valence-electron chi connectivity index (χ0n) is 16.1. The summed E-state index contributed by atoms with van der Waals surface area (Å²) in [5, 5.41) is 1.05. The molecule has 0 radical (unpaired) electrons. The molecule has 4 rings (SSSR count). The lowest BCUT2D eigenvalue weighted by atomic mass is 10.0. The number of nitrogens with zero attached hydrogens (tertiary/aromatic N) is 2. The lowest BCUT2D eigenvalue weighted by Crippen LogP contribution is -1.99. The lowest BCUT2D eigenvalue weighted by molar-refractivity contribution is 0.873. The molecule has 0 atom stereocenters. The second kappa shape index (κ2) is 8.94. The zero-order chi connectivity index (χ0) is 19.2. The van der Waals surface area contributed by atoms with Gasteiger partial charge in [-0.1, -0.05) is 104 Å². The van der Waals surface area contributed by atoms with Crippen LogP contribution in [-0.4, -0.2) is 15.3 Å². The van der Waals surface area contributed by atoms with Gasteiger partial charge in [-0.2, -0.15) is 0 Å². The summed E-state index contributed by atoms with van der Waals surface area (Å²) in [5.41, 5.74) is 5.66. The molecule has 0 fully saturated rings. The van der Waals surface area contributed by atoms with E-state index in [0.717, 1.165) is 33.5 Å². The highest BCUT2D eigenvalue weighted by atomic mass is 32.2. The Morgan fingerprint density at radius 3 is 1.93 bits per heavy atom. The fraction of sp³-hybridized carbons (Fsp3) is 0.160. The highest BCUT2D eigenvalue weighted by Gasteiger charge is 2.21. The Morgan fingerprint density at radius 1 is 0.750 bits per heavy atom. The molecule has 0 aliphatic heterocycles. The van der Waals surface area contributed by atoms with Gasteiger partial charge in [-0.25, -0.2) is 4.98 Å². The number of imidazole rings is 1. The Balaban J connectivity index is 1.96. The molecule has 140 valence electrons. The number of hydrogen-bond acceptors (Lipinski definition) is 2. The van der Waals surface area contributed by atoms with Crippen molar-refractivity contribution >= 4 is 11.8 Å². The quantitative estimate of drug-likeness (QED) is 0.250. The van der Waals surface area contributed by atoms with Crippen LogP contribution in [0, 0.1) is 0 Å². The molecule has 0 spiro atoms. The molecule has 0 saturated carbocycles. The number of aromatic nitrogens is 2. The SMILES string of the molecule is CCCCSc1nc(-c2ccccc2)c(-c2ccccc2)n1-c1ccccc1. The third-order valence-corrected chi connectivity index (χ3v) is 5.71. The predicted octanol–water partition coefficient (Wildman–Crippen LogP) is 7.10. The Labute approximate surface area is 171 Å². The van der Waals surface area contributed by atoms with Crippen LogP contribution in [0.25, 0.3) is 28.2 Å². The highest BCUT2D eigenvalue weighted by molar-refractivity contribution is 7.99. The highest BCUT2D eigenvalue weighted by Crippen LogP contribution is 2.38. The maximum Gasteiger partial charge on any atom is 0.173 e. The average Bonchev–Trinajstić information content (AvgIpc) is 3.15. The van der Waals surface area contributed by atoms with Gasteiger partial charge < -0.3 is 0 Å². The molecule has 2 nitrogen and oxygen atoms in total. The van der Waals surface area contributed by atoms with Crippen molar-refractivity contribution < 1.29 is 0 Å². The molecule has 4 aromatic rings. The second-order valence-corrected chi connectivity index (χ2v) is 7.76. The maximum atomic E-state index is 5.13. The summed E-state index contributed by atoms with van der Waals surface area (Å²) in [7, 11) is 0. The van der Waals surface area contributed by atoms with Crippen LogP contribution in [0.3, 0.4) is 0 Å². The molecule has 0 aliphatic carbocycles. The van der Waals surface area contributed by atoms with Crippen molar-refractivity contribution in [3.8, 4) is 28.2 Å². The summed E-state index contributed by atoms with van der Waals surface area (Å²) < 4.78 is 2.32. The van der Waals surface area contributed by atoms with E-state index < -0.39 is 0 Å². The van der Waals surface area contributed by atoms with E-state index in [4.69, 9.17) is 4.98 Å². The van der Waals surface area contributed by atoms with Crippen LogP contribution in [0.1, 0.15) is 19.8 Å². The number of para-hydroxylation sites is 1. The van der Waals surface area contributed by atoms with E-state index >= 15 is 0 Å². The molecule has 0 aliphatic rings. The normalized spacial score (nSPS) is 10.9. The van der Waals surface area contributed by atoms with Gasteiger partial charge in [0.2, 0.25) is 0 Å². The first-order valence-electron chi connectivity index (χ1n) is 9.80. The van der Waals surface area contributed by atoms with Crippen LogP contribution in [0.4, 0.5) is 0 Å². The standard InChI is InChI=1S/C25H24N2S/c1-2-3-19-28-25-26-23(20-13-7-4-8-14-20)24(21-15-9-5-10-16-21)27(25)22-17-11-6-12-18-22/h4-18H,2-3,19H2,1H3. The third kappa shape index (κ3) is 3.90.